The quantitative estimate of drug-likeness (QED) is 0.409. The van der Waals surface area contributed by atoms with Crippen LogP contribution in [0.4, 0.5) is 0 Å². The predicted molar refractivity (Wildman–Crippen MR) is 149 cm³/mol. The number of aromatic amines is 1. The highest BCUT2D eigenvalue weighted by molar-refractivity contribution is 5.83. The van der Waals surface area contributed by atoms with Crippen molar-refractivity contribution in [3.8, 4) is 0 Å². The van der Waals surface area contributed by atoms with Gasteiger partial charge in [-0.1, -0.05) is 61.7 Å². The van der Waals surface area contributed by atoms with E-state index in [1.807, 2.05) is 4.68 Å². The molecule has 1 saturated heterocycles. The molecule has 198 valence electrons. The summed E-state index contributed by atoms with van der Waals surface area (Å²) in [4.78, 5) is 21.8. The van der Waals surface area contributed by atoms with Crippen LogP contribution in [0.15, 0.2) is 53.3 Å². The maximum absolute atomic E-state index is 13.7. The van der Waals surface area contributed by atoms with Crippen LogP contribution in [0.25, 0.3) is 10.9 Å². The van der Waals surface area contributed by atoms with Gasteiger partial charge in [-0.15, -0.1) is 5.10 Å². The van der Waals surface area contributed by atoms with Crippen LogP contribution in [-0.4, -0.2) is 61.2 Å². The molecule has 0 amide bonds. The number of fused-ring (bicyclic) bond motifs is 1. The van der Waals surface area contributed by atoms with Crippen LogP contribution in [0.1, 0.15) is 72.3 Å². The highest BCUT2D eigenvalue weighted by atomic mass is 16.1. The molecule has 2 aliphatic rings. The molecule has 1 aliphatic carbocycles. The summed E-state index contributed by atoms with van der Waals surface area (Å²) >= 11 is 0. The number of hydrogen-bond acceptors (Lipinski definition) is 6. The van der Waals surface area contributed by atoms with Crippen LogP contribution in [0.5, 0.6) is 0 Å². The summed E-state index contributed by atoms with van der Waals surface area (Å²) in [6.07, 6.45) is 5.83. The number of aryl methyl sites for hydroxylation is 2. The number of rotatable bonds is 6. The second-order valence-electron chi connectivity index (χ2n) is 11.0. The number of piperazine rings is 1. The van der Waals surface area contributed by atoms with E-state index in [9.17, 15) is 4.79 Å². The number of nitrogens with zero attached hydrogens (tertiary/aromatic N) is 6. The zero-order valence-corrected chi connectivity index (χ0v) is 22.4. The molecule has 2 aromatic carbocycles. The summed E-state index contributed by atoms with van der Waals surface area (Å²) in [7, 11) is 0. The summed E-state index contributed by atoms with van der Waals surface area (Å²) in [5, 5.41) is 14.2. The van der Waals surface area contributed by atoms with Crippen molar-refractivity contribution in [2.45, 2.75) is 64.6 Å². The summed E-state index contributed by atoms with van der Waals surface area (Å²) in [6.45, 7) is 8.64. The monoisotopic (exact) mass is 511 g/mol. The average Bonchev–Trinajstić information content (AvgIpc) is 3.43. The Hall–Kier alpha value is -3.36. The van der Waals surface area contributed by atoms with Crippen LogP contribution in [0.3, 0.4) is 0 Å². The SMILES string of the molecule is Cc1ccc2cc([C@H](c3nnnn3C3CCCCC3)N3CCN(Cc4ccccc4)CC3)c(=O)[nH]c2c1C. The molecule has 38 heavy (non-hydrogen) atoms. The lowest BCUT2D eigenvalue weighted by molar-refractivity contribution is 0.0982. The van der Waals surface area contributed by atoms with E-state index in [-0.39, 0.29) is 11.6 Å². The lowest BCUT2D eigenvalue weighted by Crippen LogP contribution is -2.48. The van der Waals surface area contributed by atoms with E-state index in [1.165, 1.54) is 30.4 Å². The molecule has 0 spiro atoms. The van der Waals surface area contributed by atoms with Gasteiger partial charge in [-0.3, -0.25) is 14.6 Å². The molecule has 0 bridgehead atoms. The van der Waals surface area contributed by atoms with Gasteiger partial charge in [0, 0.05) is 38.3 Å². The maximum atomic E-state index is 13.7. The Bertz CT molecular complexity index is 1450. The normalized spacial score (nSPS) is 18.7. The van der Waals surface area contributed by atoms with Crippen LogP contribution >= 0.6 is 0 Å². The predicted octanol–water partition coefficient (Wildman–Crippen LogP) is 4.54. The van der Waals surface area contributed by atoms with Gasteiger partial charge in [0.2, 0.25) is 0 Å². The van der Waals surface area contributed by atoms with Gasteiger partial charge >= 0.3 is 0 Å². The fraction of sp³-hybridized carbons (Fsp3) is 0.467. The Kier molecular flexibility index (Phi) is 7.08. The van der Waals surface area contributed by atoms with Crippen molar-refractivity contribution < 1.29 is 0 Å². The molecule has 1 atom stereocenters. The number of tetrazole rings is 1. The first-order valence-corrected chi connectivity index (χ1v) is 14.0. The molecule has 1 N–H and O–H groups in total. The van der Waals surface area contributed by atoms with Crippen molar-refractivity contribution in [3.63, 3.8) is 0 Å². The Labute approximate surface area is 223 Å². The first kappa shape index (κ1) is 24.9. The number of aromatic nitrogens is 5. The second kappa shape index (κ2) is 10.8. The largest absolute Gasteiger partial charge is 0.321 e. The van der Waals surface area contributed by atoms with Gasteiger partial charge in [0.1, 0.15) is 6.04 Å². The Morgan fingerprint density at radius 1 is 0.974 bits per heavy atom. The summed E-state index contributed by atoms with van der Waals surface area (Å²) in [5.74, 6) is 0.794. The standard InChI is InChI=1S/C30H37N7O/c1-21-13-14-24-19-26(30(38)31-27(24)22(21)2)28(29-32-33-34-37(29)25-11-7-4-8-12-25)36-17-15-35(16-18-36)20-23-9-5-3-6-10-23/h3,5-6,9-10,13-14,19,25,28H,4,7-8,11-12,15-18,20H2,1-2H3,(H,31,38)/t28-/m1/s1. The summed E-state index contributed by atoms with van der Waals surface area (Å²) in [5.41, 5.74) is 5.20. The molecule has 8 nitrogen and oxygen atoms in total. The van der Waals surface area contributed by atoms with Crippen molar-refractivity contribution >= 4 is 10.9 Å². The molecular weight excluding hydrogens is 474 g/mol. The highest BCUT2D eigenvalue weighted by Gasteiger charge is 2.34. The number of nitrogens with one attached hydrogen (secondary N) is 1. The molecule has 4 aromatic rings. The van der Waals surface area contributed by atoms with Crippen molar-refractivity contribution in [1.82, 2.24) is 35.0 Å². The van der Waals surface area contributed by atoms with Gasteiger partial charge < -0.3 is 4.98 Å². The third kappa shape index (κ3) is 4.90. The van der Waals surface area contributed by atoms with Gasteiger partial charge in [0.15, 0.2) is 5.82 Å². The van der Waals surface area contributed by atoms with Crippen molar-refractivity contribution in [2.24, 2.45) is 0 Å². The number of benzene rings is 2. The Morgan fingerprint density at radius 3 is 2.50 bits per heavy atom. The first-order valence-electron chi connectivity index (χ1n) is 14.0. The summed E-state index contributed by atoms with van der Waals surface area (Å²) in [6, 6.07) is 16.9. The zero-order chi connectivity index (χ0) is 26.1. The second-order valence-corrected chi connectivity index (χ2v) is 11.0. The third-order valence-electron chi connectivity index (χ3n) is 8.58. The first-order chi connectivity index (χ1) is 18.6. The number of pyridine rings is 1. The van der Waals surface area contributed by atoms with Gasteiger partial charge in [0.05, 0.1) is 11.6 Å². The fourth-order valence-electron chi connectivity index (χ4n) is 6.23. The van der Waals surface area contributed by atoms with Crippen LogP contribution < -0.4 is 5.56 Å². The van der Waals surface area contributed by atoms with Crippen molar-refractivity contribution in [1.29, 1.82) is 0 Å². The lowest BCUT2D eigenvalue weighted by Gasteiger charge is -2.39. The van der Waals surface area contributed by atoms with Crippen LogP contribution in [0, 0.1) is 13.8 Å². The maximum Gasteiger partial charge on any atom is 0.253 e. The number of H-pyrrole nitrogens is 1. The van der Waals surface area contributed by atoms with E-state index in [2.05, 4.69) is 92.7 Å². The number of hydrogen-bond donors (Lipinski definition) is 1. The highest BCUT2D eigenvalue weighted by Crippen LogP contribution is 2.34. The molecule has 3 heterocycles. The lowest BCUT2D eigenvalue weighted by atomic mass is 9.94. The Balaban J connectivity index is 1.36. The smallest absolute Gasteiger partial charge is 0.253 e. The minimum absolute atomic E-state index is 0.0545. The average molecular weight is 512 g/mol. The van der Waals surface area contributed by atoms with Crippen molar-refractivity contribution in [3.05, 3.63) is 87.0 Å². The topological polar surface area (TPSA) is 82.9 Å². The van der Waals surface area contributed by atoms with Crippen LogP contribution in [-0.2, 0) is 6.54 Å². The summed E-state index contributed by atoms with van der Waals surface area (Å²) < 4.78 is 2.03. The molecule has 1 saturated carbocycles. The molecule has 0 radical (unpaired) electrons. The van der Waals surface area contributed by atoms with E-state index < -0.39 is 0 Å². The van der Waals surface area contributed by atoms with E-state index in [0.717, 1.165) is 73.4 Å². The molecule has 1 aliphatic heterocycles. The van der Waals surface area contributed by atoms with E-state index in [0.29, 0.717) is 6.04 Å². The van der Waals surface area contributed by atoms with Crippen LogP contribution in [0.2, 0.25) is 0 Å². The molecule has 6 rings (SSSR count). The third-order valence-corrected chi connectivity index (χ3v) is 8.58. The van der Waals surface area contributed by atoms with E-state index in [4.69, 9.17) is 0 Å². The fourth-order valence-corrected chi connectivity index (χ4v) is 6.23. The van der Waals surface area contributed by atoms with Gasteiger partial charge in [0.25, 0.3) is 5.56 Å². The molecule has 2 fully saturated rings. The Morgan fingerprint density at radius 2 is 1.74 bits per heavy atom. The van der Waals surface area contributed by atoms with Gasteiger partial charge in [-0.25, -0.2) is 4.68 Å². The van der Waals surface area contributed by atoms with E-state index >= 15 is 0 Å². The zero-order valence-electron chi connectivity index (χ0n) is 22.4. The van der Waals surface area contributed by atoms with Gasteiger partial charge in [-0.05, 0) is 65.3 Å². The minimum atomic E-state index is -0.291. The molecular formula is C30H37N7O. The molecule has 2 aromatic heterocycles. The molecule has 0 unspecified atom stereocenters. The molecule has 8 heteroatoms. The van der Waals surface area contributed by atoms with Gasteiger partial charge in [-0.2, -0.15) is 0 Å². The minimum Gasteiger partial charge on any atom is -0.321 e. The van der Waals surface area contributed by atoms with E-state index in [1.54, 1.807) is 0 Å². The van der Waals surface area contributed by atoms with Crippen molar-refractivity contribution in [2.75, 3.05) is 26.2 Å².